The van der Waals surface area contributed by atoms with Crippen LogP contribution in [0, 0.1) is 5.82 Å². The fourth-order valence-corrected chi connectivity index (χ4v) is 2.82. The molecule has 4 nitrogen and oxygen atoms in total. The quantitative estimate of drug-likeness (QED) is 0.742. The lowest BCUT2D eigenvalue weighted by Crippen LogP contribution is -2.22. The highest BCUT2D eigenvalue weighted by Crippen LogP contribution is 2.28. The summed E-state index contributed by atoms with van der Waals surface area (Å²) in [5.74, 6) is -0.475. The van der Waals surface area contributed by atoms with E-state index in [0.29, 0.717) is 11.4 Å². The van der Waals surface area contributed by atoms with Crippen molar-refractivity contribution in [3.63, 3.8) is 0 Å². The highest BCUT2D eigenvalue weighted by Gasteiger charge is 2.18. The topological polar surface area (TPSA) is 38.1 Å². The first kappa shape index (κ1) is 14.5. The van der Waals surface area contributed by atoms with Crippen LogP contribution in [0.4, 0.5) is 4.39 Å². The molecule has 112 valence electrons. The van der Waals surface area contributed by atoms with Crippen LogP contribution in [0.15, 0.2) is 47.8 Å². The van der Waals surface area contributed by atoms with Crippen molar-refractivity contribution in [3.8, 4) is 16.3 Å². The molecule has 0 spiro atoms. The van der Waals surface area contributed by atoms with Gasteiger partial charge in [0.1, 0.15) is 5.82 Å². The molecule has 0 fully saturated rings. The number of benzene rings is 1. The Morgan fingerprint density at radius 3 is 2.55 bits per heavy atom. The molecule has 0 aliphatic heterocycles. The Morgan fingerprint density at radius 2 is 1.95 bits per heavy atom. The summed E-state index contributed by atoms with van der Waals surface area (Å²) < 4.78 is 14.8. The molecule has 0 bridgehead atoms. The summed E-state index contributed by atoms with van der Waals surface area (Å²) in [6, 6.07) is 11.7. The minimum atomic E-state index is -0.307. The maximum absolute atomic E-state index is 13.1. The smallest absolute Gasteiger partial charge is 0.273 e. The minimum Gasteiger partial charge on any atom is -0.343 e. The second-order valence-corrected chi connectivity index (χ2v) is 5.93. The number of thiophene rings is 1. The van der Waals surface area contributed by atoms with Crippen molar-refractivity contribution in [3.05, 3.63) is 59.4 Å². The first-order valence-electron chi connectivity index (χ1n) is 6.68. The van der Waals surface area contributed by atoms with E-state index in [-0.39, 0.29) is 11.7 Å². The number of halogens is 1. The zero-order valence-electron chi connectivity index (χ0n) is 12.2. The number of carbonyl (C=O) groups is 1. The number of rotatable bonds is 3. The van der Waals surface area contributed by atoms with Gasteiger partial charge in [-0.15, -0.1) is 11.3 Å². The molecule has 0 saturated heterocycles. The van der Waals surface area contributed by atoms with E-state index in [1.54, 1.807) is 48.3 Å². The normalized spacial score (nSPS) is 10.7. The lowest BCUT2D eigenvalue weighted by Gasteiger charge is -2.07. The average molecular weight is 315 g/mol. The van der Waals surface area contributed by atoms with Gasteiger partial charge in [0.05, 0.1) is 16.3 Å². The van der Waals surface area contributed by atoms with Gasteiger partial charge in [-0.3, -0.25) is 4.79 Å². The van der Waals surface area contributed by atoms with Crippen LogP contribution >= 0.6 is 11.3 Å². The molecule has 3 rings (SSSR count). The lowest BCUT2D eigenvalue weighted by atomic mass is 10.2. The number of hydrogen-bond acceptors (Lipinski definition) is 3. The van der Waals surface area contributed by atoms with E-state index in [9.17, 15) is 9.18 Å². The second kappa shape index (κ2) is 5.73. The van der Waals surface area contributed by atoms with Crippen LogP contribution < -0.4 is 0 Å². The molecule has 3 aromatic rings. The van der Waals surface area contributed by atoms with E-state index in [2.05, 4.69) is 5.10 Å². The molecule has 22 heavy (non-hydrogen) atoms. The maximum Gasteiger partial charge on any atom is 0.273 e. The van der Waals surface area contributed by atoms with Crippen LogP contribution in [0.5, 0.6) is 0 Å². The SMILES string of the molecule is CN(C)C(=O)c1cc(-c2cccs2)n(-c2ccc(F)cc2)n1. The van der Waals surface area contributed by atoms with E-state index in [0.717, 1.165) is 10.6 Å². The summed E-state index contributed by atoms with van der Waals surface area (Å²) in [5.41, 5.74) is 1.88. The maximum atomic E-state index is 13.1. The summed E-state index contributed by atoms with van der Waals surface area (Å²) in [7, 11) is 3.37. The lowest BCUT2D eigenvalue weighted by molar-refractivity contribution is 0.0821. The van der Waals surface area contributed by atoms with E-state index in [4.69, 9.17) is 0 Å². The van der Waals surface area contributed by atoms with Crippen LogP contribution in [-0.4, -0.2) is 34.7 Å². The Kier molecular flexibility index (Phi) is 3.77. The molecule has 6 heteroatoms. The highest BCUT2D eigenvalue weighted by molar-refractivity contribution is 7.13. The van der Waals surface area contributed by atoms with Crippen molar-refractivity contribution >= 4 is 17.2 Å². The third-order valence-corrected chi connectivity index (χ3v) is 4.07. The summed E-state index contributed by atoms with van der Waals surface area (Å²) in [6.07, 6.45) is 0. The highest BCUT2D eigenvalue weighted by atomic mass is 32.1. The Hall–Kier alpha value is -2.47. The number of aromatic nitrogens is 2. The molecular formula is C16H14FN3OS. The number of carbonyl (C=O) groups excluding carboxylic acids is 1. The molecule has 0 radical (unpaired) electrons. The average Bonchev–Trinajstić information content (AvgIpc) is 3.16. The van der Waals surface area contributed by atoms with Crippen molar-refractivity contribution in [2.45, 2.75) is 0 Å². The standard InChI is InChI=1S/C16H14FN3OS/c1-19(2)16(21)13-10-14(15-4-3-9-22-15)20(18-13)12-7-5-11(17)6-8-12/h3-10H,1-2H3. The number of nitrogens with zero attached hydrogens (tertiary/aromatic N) is 3. The van der Waals surface area contributed by atoms with Crippen LogP contribution in [0.25, 0.3) is 16.3 Å². The zero-order valence-corrected chi connectivity index (χ0v) is 13.0. The third kappa shape index (κ3) is 2.65. The Labute approximate surface area is 131 Å². The fourth-order valence-electron chi connectivity index (χ4n) is 2.09. The van der Waals surface area contributed by atoms with E-state index >= 15 is 0 Å². The predicted octanol–water partition coefficient (Wildman–Crippen LogP) is 3.44. The fraction of sp³-hybridized carbons (Fsp3) is 0.125. The summed E-state index contributed by atoms with van der Waals surface area (Å²) >= 11 is 1.56. The zero-order chi connectivity index (χ0) is 15.7. The molecule has 1 amide bonds. The van der Waals surface area contributed by atoms with Gasteiger partial charge in [0, 0.05) is 14.1 Å². The van der Waals surface area contributed by atoms with Gasteiger partial charge in [0.15, 0.2) is 5.69 Å². The molecular weight excluding hydrogens is 301 g/mol. The molecule has 0 aliphatic rings. The molecule has 2 heterocycles. The second-order valence-electron chi connectivity index (χ2n) is 4.98. The Morgan fingerprint density at radius 1 is 1.23 bits per heavy atom. The van der Waals surface area contributed by atoms with Gasteiger partial charge in [-0.05, 0) is 41.8 Å². The molecule has 0 saturated carbocycles. The molecule has 0 N–H and O–H groups in total. The van der Waals surface area contributed by atoms with Crippen LogP contribution in [-0.2, 0) is 0 Å². The summed E-state index contributed by atoms with van der Waals surface area (Å²) in [5, 5.41) is 6.36. The first-order chi connectivity index (χ1) is 10.6. The molecule has 2 aromatic heterocycles. The number of amides is 1. The molecule has 1 aromatic carbocycles. The molecule has 0 unspecified atom stereocenters. The molecule has 0 atom stereocenters. The molecule has 0 aliphatic carbocycles. The third-order valence-electron chi connectivity index (χ3n) is 3.18. The van der Waals surface area contributed by atoms with E-state index in [1.807, 2.05) is 17.5 Å². The van der Waals surface area contributed by atoms with Gasteiger partial charge < -0.3 is 4.90 Å². The van der Waals surface area contributed by atoms with Crippen LogP contribution in [0.2, 0.25) is 0 Å². The van der Waals surface area contributed by atoms with Gasteiger partial charge in [0.2, 0.25) is 0 Å². The Bertz CT molecular complexity index is 791. The summed E-state index contributed by atoms with van der Waals surface area (Å²) in [6.45, 7) is 0. The van der Waals surface area contributed by atoms with E-state index in [1.165, 1.54) is 17.0 Å². The monoisotopic (exact) mass is 315 g/mol. The number of hydrogen-bond donors (Lipinski definition) is 0. The van der Waals surface area contributed by atoms with Crippen molar-refractivity contribution in [2.24, 2.45) is 0 Å². The Balaban J connectivity index is 2.14. The van der Waals surface area contributed by atoms with Gasteiger partial charge in [0.25, 0.3) is 5.91 Å². The van der Waals surface area contributed by atoms with E-state index < -0.39 is 0 Å². The first-order valence-corrected chi connectivity index (χ1v) is 7.56. The van der Waals surface area contributed by atoms with Crippen LogP contribution in [0.1, 0.15) is 10.5 Å². The van der Waals surface area contributed by atoms with Gasteiger partial charge in [-0.1, -0.05) is 6.07 Å². The van der Waals surface area contributed by atoms with Crippen LogP contribution in [0.3, 0.4) is 0 Å². The summed E-state index contributed by atoms with van der Waals surface area (Å²) in [4.78, 5) is 14.6. The van der Waals surface area contributed by atoms with Crippen molar-refractivity contribution in [1.29, 1.82) is 0 Å². The van der Waals surface area contributed by atoms with Gasteiger partial charge in [-0.2, -0.15) is 5.10 Å². The predicted molar refractivity (Wildman–Crippen MR) is 84.9 cm³/mol. The van der Waals surface area contributed by atoms with Crippen molar-refractivity contribution in [2.75, 3.05) is 14.1 Å². The minimum absolute atomic E-state index is 0.168. The van der Waals surface area contributed by atoms with Crippen molar-refractivity contribution < 1.29 is 9.18 Å². The van der Waals surface area contributed by atoms with Crippen molar-refractivity contribution in [1.82, 2.24) is 14.7 Å². The van der Waals surface area contributed by atoms with Gasteiger partial charge in [-0.25, -0.2) is 9.07 Å². The largest absolute Gasteiger partial charge is 0.343 e. The van der Waals surface area contributed by atoms with Gasteiger partial charge >= 0.3 is 0 Å².